The summed E-state index contributed by atoms with van der Waals surface area (Å²) < 4.78 is 5.45. The van der Waals surface area contributed by atoms with E-state index in [0.29, 0.717) is 0 Å². The zero-order valence-electron chi connectivity index (χ0n) is 12.6. The molecule has 2 heterocycles. The second-order valence-corrected chi connectivity index (χ2v) is 7.70. The fourth-order valence-electron chi connectivity index (χ4n) is 3.05. The van der Waals surface area contributed by atoms with Crippen LogP contribution in [0.5, 0.6) is 0 Å². The molecule has 2 saturated heterocycles. The number of thioether (sulfide) groups is 1. The highest BCUT2D eigenvalue weighted by molar-refractivity contribution is 7.99. The van der Waals surface area contributed by atoms with Gasteiger partial charge in [-0.15, -0.1) is 0 Å². The van der Waals surface area contributed by atoms with E-state index in [1.54, 1.807) is 0 Å². The molecular weight excluding hydrogens is 256 g/mol. The van der Waals surface area contributed by atoms with Gasteiger partial charge in [-0.2, -0.15) is 11.8 Å². The Labute approximate surface area is 123 Å². The molecule has 0 bridgehead atoms. The van der Waals surface area contributed by atoms with Crippen LogP contribution in [0.2, 0.25) is 0 Å². The van der Waals surface area contributed by atoms with E-state index in [4.69, 9.17) is 4.74 Å². The molecule has 2 fully saturated rings. The van der Waals surface area contributed by atoms with Crippen LogP contribution in [0.4, 0.5) is 0 Å². The van der Waals surface area contributed by atoms with Crippen LogP contribution in [0.1, 0.15) is 33.1 Å². The molecule has 1 atom stereocenters. The van der Waals surface area contributed by atoms with Crippen molar-refractivity contribution in [1.29, 1.82) is 0 Å². The predicted molar refractivity (Wildman–Crippen MR) is 84.1 cm³/mol. The third kappa shape index (κ3) is 5.62. The van der Waals surface area contributed by atoms with Gasteiger partial charge in [0.1, 0.15) is 0 Å². The van der Waals surface area contributed by atoms with Crippen molar-refractivity contribution in [2.45, 2.75) is 44.4 Å². The minimum Gasteiger partial charge on any atom is -0.379 e. The van der Waals surface area contributed by atoms with Gasteiger partial charge in [0, 0.05) is 38.0 Å². The highest BCUT2D eigenvalue weighted by Crippen LogP contribution is 2.20. The van der Waals surface area contributed by atoms with E-state index in [-0.39, 0.29) is 0 Å². The molecule has 0 aromatic heterocycles. The number of nitrogens with zero attached hydrogens (tertiary/aromatic N) is 2. The van der Waals surface area contributed by atoms with E-state index in [1.165, 1.54) is 44.6 Å². The van der Waals surface area contributed by atoms with Crippen molar-refractivity contribution in [2.75, 3.05) is 51.7 Å². The smallest absolute Gasteiger partial charge is 0.0594 e. The lowest BCUT2D eigenvalue weighted by molar-refractivity contribution is 0.0177. The van der Waals surface area contributed by atoms with Crippen LogP contribution in [0.15, 0.2) is 0 Å². The molecule has 0 amide bonds. The number of morpholine rings is 1. The van der Waals surface area contributed by atoms with Crippen molar-refractivity contribution >= 4 is 11.8 Å². The molecule has 3 nitrogen and oxygen atoms in total. The monoisotopic (exact) mass is 286 g/mol. The molecule has 0 N–H and O–H groups in total. The molecule has 112 valence electrons. The van der Waals surface area contributed by atoms with Crippen molar-refractivity contribution in [1.82, 2.24) is 9.80 Å². The van der Waals surface area contributed by atoms with Crippen LogP contribution < -0.4 is 0 Å². The van der Waals surface area contributed by atoms with E-state index in [0.717, 1.165) is 37.6 Å². The molecular formula is C15H30N2OS. The van der Waals surface area contributed by atoms with Gasteiger partial charge in [0.15, 0.2) is 0 Å². The lowest BCUT2D eigenvalue weighted by atomic mass is 10.0. The summed E-state index contributed by atoms with van der Waals surface area (Å²) in [7, 11) is 0. The summed E-state index contributed by atoms with van der Waals surface area (Å²) in [5, 5.41) is 0.766. The summed E-state index contributed by atoms with van der Waals surface area (Å²) in [6, 6.07) is 0.791. The molecule has 4 heteroatoms. The van der Waals surface area contributed by atoms with Crippen molar-refractivity contribution in [3.63, 3.8) is 0 Å². The van der Waals surface area contributed by atoms with Crippen LogP contribution in [0.3, 0.4) is 0 Å². The normalized spacial score (nSPS) is 27.0. The average Bonchev–Trinajstić information content (AvgIpc) is 2.41. The number of hydrogen-bond acceptors (Lipinski definition) is 4. The molecule has 2 aliphatic rings. The zero-order chi connectivity index (χ0) is 13.5. The highest BCUT2D eigenvalue weighted by Gasteiger charge is 2.24. The number of hydrogen-bond donors (Lipinski definition) is 0. The van der Waals surface area contributed by atoms with Crippen molar-refractivity contribution in [3.05, 3.63) is 0 Å². The Hall–Kier alpha value is 0.230. The Balaban J connectivity index is 1.74. The lowest BCUT2D eigenvalue weighted by Crippen LogP contribution is -2.49. The van der Waals surface area contributed by atoms with Crippen molar-refractivity contribution < 1.29 is 4.74 Å². The summed E-state index contributed by atoms with van der Waals surface area (Å²) in [6.45, 7) is 12.6. The standard InChI is InChI=1S/C15H30N2OS/c1-14(2)19-12-9-17-6-4-3-5-15(17)13-16-7-10-18-11-8-16/h14-15H,3-13H2,1-2H3/t15-/m0/s1. The number of likely N-dealkylation sites (tertiary alicyclic amines) is 1. The molecule has 0 radical (unpaired) electrons. The summed E-state index contributed by atoms with van der Waals surface area (Å²) in [5.74, 6) is 1.29. The summed E-state index contributed by atoms with van der Waals surface area (Å²) >= 11 is 2.10. The maximum absolute atomic E-state index is 5.45. The largest absolute Gasteiger partial charge is 0.379 e. The minimum atomic E-state index is 0.766. The quantitative estimate of drug-likeness (QED) is 0.744. The van der Waals surface area contributed by atoms with Gasteiger partial charge in [-0.3, -0.25) is 9.80 Å². The molecule has 19 heavy (non-hydrogen) atoms. The van der Waals surface area contributed by atoms with Crippen molar-refractivity contribution in [3.8, 4) is 0 Å². The fourth-order valence-corrected chi connectivity index (χ4v) is 3.86. The van der Waals surface area contributed by atoms with Gasteiger partial charge in [0.05, 0.1) is 13.2 Å². The van der Waals surface area contributed by atoms with Gasteiger partial charge in [0.25, 0.3) is 0 Å². The van der Waals surface area contributed by atoms with Gasteiger partial charge < -0.3 is 4.74 Å². The van der Waals surface area contributed by atoms with Crippen LogP contribution in [-0.2, 0) is 4.74 Å². The maximum atomic E-state index is 5.45. The Morgan fingerprint density at radius 2 is 1.95 bits per heavy atom. The van der Waals surface area contributed by atoms with Crippen LogP contribution in [0, 0.1) is 0 Å². The van der Waals surface area contributed by atoms with Crippen LogP contribution in [-0.4, -0.2) is 72.8 Å². The Morgan fingerprint density at radius 1 is 1.16 bits per heavy atom. The summed E-state index contributed by atoms with van der Waals surface area (Å²) in [6.07, 6.45) is 4.21. The SMILES string of the molecule is CC(C)SCCN1CCCC[C@H]1CN1CCOCC1. The lowest BCUT2D eigenvalue weighted by Gasteiger charge is -2.39. The third-order valence-electron chi connectivity index (χ3n) is 4.15. The Bertz CT molecular complexity index is 244. The Kier molecular flexibility index (Phi) is 6.99. The number of piperidine rings is 1. The van der Waals surface area contributed by atoms with Crippen molar-refractivity contribution in [2.24, 2.45) is 0 Å². The Morgan fingerprint density at radius 3 is 2.68 bits per heavy atom. The third-order valence-corrected chi connectivity index (χ3v) is 5.24. The van der Waals surface area contributed by atoms with E-state index in [2.05, 4.69) is 35.4 Å². The zero-order valence-corrected chi connectivity index (χ0v) is 13.5. The molecule has 0 aliphatic carbocycles. The van der Waals surface area contributed by atoms with Gasteiger partial charge >= 0.3 is 0 Å². The molecule has 0 saturated carbocycles. The average molecular weight is 286 g/mol. The number of rotatable bonds is 6. The van der Waals surface area contributed by atoms with E-state index >= 15 is 0 Å². The molecule has 0 aromatic rings. The second kappa shape index (κ2) is 8.50. The minimum absolute atomic E-state index is 0.766. The fraction of sp³-hybridized carbons (Fsp3) is 1.00. The van der Waals surface area contributed by atoms with Gasteiger partial charge in [-0.05, 0) is 24.6 Å². The van der Waals surface area contributed by atoms with E-state index in [1.807, 2.05) is 0 Å². The van der Waals surface area contributed by atoms with Gasteiger partial charge in [-0.1, -0.05) is 20.3 Å². The van der Waals surface area contributed by atoms with Crippen LogP contribution >= 0.6 is 11.8 Å². The first kappa shape index (κ1) is 15.6. The molecule has 0 unspecified atom stereocenters. The second-order valence-electron chi connectivity index (χ2n) is 6.02. The van der Waals surface area contributed by atoms with Crippen LogP contribution in [0.25, 0.3) is 0 Å². The molecule has 0 aromatic carbocycles. The maximum Gasteiger partial charge on any atom is 0.0594 e. The first-order valence-electron chi connectivity index (χ1n) is 7.91. The topological polar surface area (TPSA) is 15.7 Å². The van der Waals surface area contributed by atoms with E-state index < -0.39 is 0 Å². The van der Waals surface area contributed by atoms with E-state index in [9.17, 15) is 0 Å². The summed E-state index contributed by atoms with van der Waals surface area (Å²) in [5.41, 5.74) is 0. The molecule has 0 spiro atoms. The summed E-state index contributed by atoms with van der Waals surface area (Å²) in [4.78, 5) is 5.34. The predicted octanol–water partition coefficient (Wildman–Crippen LogP) is 2.31. The highest BCUT2D eigenvalue weighted by atomic mass is 32.2. The number of ether oxygens (including phenoxy) is 1. The van der Waals surface area contributed by atoms with Gasteiger partial charge in [0.2, 0.25) is 0 Å². The molecule has 2 aliphatic heterocycles. The van der Waals surface area contributed by atoms with Gasteiger partial charge in [-0.25, -0.2) is 0 Å². The first-order chi connectivity index (χ1) is 9.25. The first-order valence-corrected chi connectivity index (χ1v) is 8.96. The molecule has 2 rings (SSSR count).